The van der Waals surface area contributed by atoms with Gasteiger partial charge in [-0.1, -0.05) is 36.4 Å². The molecule has 0 bridgehead atoms. The molecule has 6 nitrogen and oxygen atoms in total. The molecule has 0 spiro atoms. The van der Waals surface area contributed by atoms with Crippen LogP contribution in [0, 0.1) is 0 Å². The lowest BCUT2D eigenvalue weighted by Crippen LogP contribution is -2.45. The minimum absolute atomic E-state index is 0.250. The quantitative estimate of drug-likeness (QED) is 0.625. The molecule has 0 radical (unpaired) electrons. The van der Waals surface area contributed by atoms with E-state index in [4.69, 9.17) is 0 Å². The van der Waals surface area contributed by atoms with E-state index in [0.717, 1.165) is 11.3 Å². The number of hydrogen-bond donors (Lipinski definition) is 3. The zero-order valence-corrected chi connectivity index (χ0v) is 15.3. The SMILES string of the molecule is C[C@@H](NC(=O)c1cccs1)C(=O)N[C@H](C)c1ncc(-c2ccccc2)[nH]1. The van der Waals surface area contributed by atoms with E-state index in [1.165, 1.54) is 11.3 Å². The number of nitrogens with one attached hydrogen (secondary N) is 3. The highest BCUT2D eigenvalue weighted by molar-refractivity contribution is 7.12. The maximum atomic E-state index is 12.3. The summed E-state index contributed by atoms with van der Waals surface area (Å²) >= 11 is 1.34. The fourth-order valence-corrected chi connectivity index (χ4v) is 3.10. The van der Waals surface area contributed by atoms with Gasteiger partial charge in [0.15, 0.2) is 0 Å². The van der Waals surface area contributed by atoms with Gasteiger partial charge in [0.05, 0.1) is 22.8 Å². The molecule has 7 heteroatoms. The molecule has 0 unspecified atom stereocenters. The highest BCUT2D eigenvalue weighted by atomic mass is 32.1. The number of aromatic amines is 1. The van der Waals surface area contributed by atoms with Crippen LogP contribution in [0.15, 0.2) is 54.0 Å². The summed E-state index contributed by atoms with van der Waals surface area (Å²) in [4.78, 5) is 32.5. The zero-order valence-electron chi connectivity index (χ0n) is 14.5. The molecule has 0 aliphatic carbocycles. The summed E-state index contributed by atoms with van der Waals surface area (Å²) in [6, 6.07) is 12.4. The average molecular weight is 368 g/mol. The van der Waals surface area contributed by atoms with Gasteiger partial charge in [0.2, 0.25) is 5.91 Å². The van der Waals surface area contributed by atoms with E-state index in [0.29, 0.717) is 10.7 Å². The minimum Gasteiger partial charge on any atom is -0.345 e. The number of aromatic nitrogens is 2. The minimum atomic E-state index is -0.643. The Morgan fingerprint density at radius 2 is 1.85 bits per heavy atom. The van der Waals surface area contributed by atoms with Crippen molar-refractivity contribution >= 4 is 23.2 Å². The molecule has 3 rings (SSSR count). The molecule has 1 aromatic carbocycles. The predicted molar refractivity (Wildman–Crippen MR) is 102 cm³/mol. The van der Waals surface area contributed by atoms with E-state index < -0.39 is 6.04 Å². The van der Waals surface area contributed by atoms with Gasteiger partial charge in [-0.15, -0.1) is 11.3 Å². The summed E-state index contributed by atoms with van der Waals surface area (Å²) in [5.41, 5.74) is 1.92. The number of carbonyl (C=O) groups excluding carboxylic acids is 2. The van der Waals surface area contributed by atoms with Crippen molar-refractivity contribution in [3.63, 3.8) is 0 Å². The molecule has 0 aliphatic rings. The van der Waals surface area contributed by atoms with Gasteiger partial charge in [0, 0.05) is 0 Å². The van der Waals surface area contributed by atoms with Crippen molar-refractivity contribution in [1.82, 2.24) is 20.6 Å². The van der Waals surface area contributed by atoms with Gasteiger partial charge in [-0.05, 0) is 30.9 Å². The number of thiophene rings is 1. The Bertz CT molecular complexity index is 874. The highest BCUT2D eigenvalue weighted by Crippen LogP contribution is 2.18. The third kappa shape index (κ3) is 4.18. The second kappa shape index (κ2) is 7.97. The van der Waals surface area contributed by atoms with E-state index in [2.05, 4.69) is 20.6 Å². The number of rotatable bonds is 6. The van der Waals surface area contributed by atoms with Crippen molar-refractivity contribution < 1.29 is 9.59 Å². The molecule has 3 N–H and O–H groups in total. The average Bonchev–Trinajstić information content (AvgIpc) is 3.34. The van der Waals surface area contributed by atoms with E-state index in [-0.39, 0.29) is 17.9 Å². The Hall–Kier alpha value is -2.93. The summed E-state index contributed by atoms with van der Waals surface area (Å²) in [5, 5.41) is 7.39. The Labute approximate surface area is 155 Å². The number of imidazole rings is 1. The fraction of sp³-hybridized carbons (Fsp3) is 0.211. The number of hydrogen-bond acceptors (Lipinski definition) is 4. The van der Waals surface area contributed by atoms with Crippen molar-refractivity contribution in [2.45, 2.75) is 25.9 Å². The molecular weight excluding hydrogens is 348 g/mol. The zero-order chi connectivity index (χ0) is 18.5. The number of carbonyl (C=O) groups is 2. The third-order valence-corrected chi connectivity index (χ3v) is 4.80. The topological polar surface area (TPSA) is 86.9 Å². The first-order valence-electron chi connectivity index (χ1n) is 8.29. The van der Waals surface area contributed by atoms with E-state index >= 15 is 0 Å². The first-order valence-corrected chi connectivity index (χ1v) is 9.17. The van der Waals surface area contributed by atoms with E-state index in [1.54, 1.807) is 25.3 Å². The summed E-state index contributed by atoms with van der Waals surface area (Å²) in [7, 11) is 0. The van der Waals surface area contributed by atoms with Crippen molar-refractivity contribution in [3.05, 3.63) is 64.7 Å². The van der Waals surface area contributed by atoms with Crippen LogP contribution in [0.4, 0.5) is 0 Å². The predicted octanol–water partition coefficient (Wildman–Crippen LogP) is 3.13. The number of nitrogens with zero attached hydrogens (tertiary/aromatic N) is 1. The lowest BCUT2D eigenvalue weighted by Gasteiger charge is -2.17. The molecule has 0 aliphatic heterocycles. The van der Waals surface area contributed by atoms with Gasteiger partial charge in [-0.2, -0.15) is 0 Å². The standard InChI is InChI=1S/C19H20N4O2S/c1-12(17-20-11-15(23-17)14-7-4-3-5-8-14)21-18(24)13(2)22-19(25)16-9-6-10-26-16/h3-13H,1-2H3,(H,20,23)(H,21,24)(H,22,25)/t12-,13-/m1/s1. The monoisotopic (exact) mass is 368 g/mol. The largest absolute Gasteiger partial charge is 0.345 e. The molecule has 2 atom stereocenters. The molecule has 2 amide bonds. The summed E-state index contributed by atoms with van der Waals surface area (Å²) in [6.07, 6.45) is 1.75. The van der Waals surface area contributed by atoms with Gasteiger partial charge in [-0.25, -0.2) is 4.98 Å². The van der Waals surface area contributed by atoms with Crippen molar-refractivity contribution in [2.24, 2.45) is 0 Å². The van der Waals surface area contributed by atoms with Crippen LogP contribution in [0.25, 0.3) is 11.3 Å². The van der Waals surface area contributed by atoms with E-state index in [1.807, 2.05) is 42.6 Å². The Balaban J connectivity index is 1.59. The van der Waals surface area contributed by atoms with Crippen LogP contribution in [-0.4, -0.2) is 27.8 Å². The summed E-state index contributed by atoms with van der Waals surface area (Å²) in [6.45, 7) is 3.50. The van der Waals surface area contributed by atoms with Crippen LogP contribution in [0.5, 0.6) is 0 Å². The lowest BCUT2D eigenvalue weighted by atomic mass is 10.2. The van der Waals surface area contributed by atoms with Crippen LogP contribution in [-0.2, 0) is 4.79 Å². The van der Waals surface area contributed by atoms with Gasteiger partial charge in [-0.3, -0.25) is 9.59 Å². The third-order valence-electron chi connectivity index (χ3n) is 3.94. The van der Waals surface area contributed by atoms with E-state index in [9.17, 15) is 9.59 Å². The van der Waals surface area contributed by atoms with Crippen LogP contribution in [0.1, 0.15) is 35.4 Å². The summed E-state index contributed by atoms with van der Waals surface area (Å²) < 4.78 is 0. The smallest absolute Gasteiger partial charge is 0.261 e. The lowest BCUT2D eigenvalue weighted by molar-refractivity contribution is -0.123. The Morgan fingerprint density at radius 1 is 1.08 bits per heavy atom. The van der Waals surface area contributed by atoms with Crippen molar-refractivity contribution in [3.8, 4) is 11.3 Å². The molecule has 0 saturated heterocycles. The Morgan fingerprint density at radius 3 is 2.54 bits per heavy atom. The normalized spacial score (nSPS) is 13.0. The molecule has 2 heterocycles. The molecule has 3 aromatic rings. The number of benzene rings is 1. The second-order valence-electron chi connectivity index (χ2n) is 5.95. The second-order valence-corrected chi connectivity index (χ2v) is 6.90. The van der Waals surface area contributed by atoms with Gasteiger partial charge in [0.1, 0.15) is 11.9 Å². The Kier molecular flexibility index (Phi) is 5.48. The summed E-state index contributed by atoms with van der Waals surface area (Å²) in [5.74, 6) is 0.147. The van der Waals surface area contributed by atoms with Crippen molar-refractivity contribution in [2.75, 3.05) is 0 Å². The van der Waals surface area contributed by atoms with Crippen LogP contribution >= 0.6 is 11.3 Å². The molecule has 0 saturated carbocycles. The molecule has 134 valence electrons. The van der Waals surface area contributed by atoms with Crippen LogP contribution < -0.4 is 10.6 Å². The maximum Gasteiger partial charge on any atom is 0.261 e. The maximum absolute atomic E-state index is 12.3. The first kappa shape index (κ1) is 17.9. The van der Waals surface area contributed by atoms with Gasteiger partial charge < -0.3 is 15.6 Å². The molecule has 26 heavy (non-hydrogen) atoms. The molecule has 2 aromatic heterocycles. The first-order chi connectivity index (χ1) is 12.5. The van der Waals surface area contributed by atoms with Crippen LogP contribution in [0.2, 0.25) is 0 Å². The number of H-pyrrole nitrogens is 1. The van der Waals surface area contributed by atoms with Gasteiger partial charge >= 0.3 is 0 Å². The molecule has 0 fully saturated rings. The van der Waals surface area contributed by atoms with Gasteiger partial charge in [0.25, 0.3) is 5.91 Å². The highest BCUT2D eigenvalue weighted by Gasteiger charge is 2.20. The van der Waals surface area contributed by atoms with Crippen molar-refractivity contribution in [1.29, 1.82) is 0 Å². The van der Waals surface area contributed by atoms with Crippen LogP contribution in [0.3, 0.4) is 0 Å². The molecular formula is C19H20N4O2S. The fourth-order valence-electron chi connectivity index (χ4n) is 2.47. The number of amides is 2.